The molecule has 0 spiro atoms. The van der Waals surface area contributed by atoms with Crippen LogP contribution in [0.1, 0.15) is 58.8 Å². The smallest absolute Gasteiger partial charge is 0.326 e. The van der Waals surface area contributed by atoms with E-state index in [9.17, 15) is 29.1 Å². The Morgan fingerprint density at radius 3 is 1.86 bits per heavy atom. The maximum absolute atomic E-state index is 13.1. The Morgan fingerprint density at radius 2 is 1.37 bits per heavy atom. The zero-order valence-corrected chi connectivity index (χ0v) is 21.6. The molecule has 9 N–H and O–H groups in total. The Bertz CT molecular complexity index is 708. The van der Waals surface area contributed by atoms with Crippen LogP contribution in [0.2, 0.25) is 0 Å². The zero-order valence-electron chi connectivity index (χ0n) is 20.7. The SMILES string of the molecule is CSCCC(NC(=O)C(CCCCN)NC(=O)C(N)CC(C)C)C(=O)NC(CCC(=O)O)C(=O)O. The van der Waals surface area contributed by atoms with Crippen molar-refractivity contribution in [2.75, 3.05) is 18.6 Å². The van der Waals surface area contributed by atoms with Crippen molar-refractivity contribution in [2.45, 2.75) is 83.0 Å². The second-order valence-corrected chi connectivity index (χ2v) is 9.74. The minimum Gasteiger partial charge on any atom is -0.481 e. The Hall–Kier alpha value is -2.38. The van der Waals surface area contributed by atoms with Gasteiger partial charge in [-0.05, 0) is 63.0 Å². The number of unbranched alkanes of at least 4 members (excludes halogenated alkanes) is 1. The average Bonchev–Trinajstić information content (AvgIpc) is 2.77. The van der Waals surface area contributed by atoms with Crippen LogP contribution in [0.3, 0.4) is 0 Å². The predicted molar refractivity (Wildman–Crippen MR) is 134 cm³/mol. The van der Waals surface area contributed by atoms with Gasteiger partial charge in [0, 0.05) is 6.42 Å². The number of carboxylic acid groups (broad SMARTS) is 2. The van der Waals surface area contributed by atoms with Gasteiger partial charge in [-0.15, -0.1) is 0 Å². The summed E-state index contributed by atoms with van der Waals surface area (Å²) in [5.74, 6) is -3.70. The highest BCUT2D eigenvalue weighted by Gasteiger charge is 2.30. The fraction of sp³-hybridized carbons (Fsp3) is 0.773. The molecule has 0 aliphatic carbocycles. The number of carbonyl (C=O) groups is 5. The maximum atomic E-state index is 13.1. The van der Waals surface area contributed by atoms with Gasteiger partial charge in [0.25, 0.3) is 0 Å². The molecule has 35 heavy (non-hydrogen) atoms. The molecule has 3 amide bonds. The molecule has 0 radical (unpaired) electrons. The molecule has 0 aliphatic heterocycles. The maximum Gasteiger partial charge on any atom is 0.326 e. The summed E-state index contributed by atoms with van der Waals surface area (Å²) in [4.78, 5) is 60.6. The summed E-state index contributed by atoms with van der Waals surface area (Å²) >= 11 is 1.43. The van der Waals surface area contributed by atoms with Crippen LogP contribution in [0.5, 0.6) is 0 Å². The first-order valence-electron chi connectivity index (χ1n) is 11.7. The van der Waals surface area contributed by atoms with E-state index in [2.05, 4.69) is 16.0 Å². The van der Waals surface area contributed by atoms with Crippen LogP contribution in [0.4, 0.5) is 0 Å². The normalized spacial score (nSPS) is 14.5. The van der Waals surface area contributed by atoms with E-state index in [1.807, 2.05) is 20.1 Å². The second kappa shape index (κ2) is 18.0. The minimum absolute atomic E-state index is 0.184. The number of amides is 3. The highest BCUT2D eigenvalue weighted by Crippen LogP contribution is 2.08. The van der Waals surface area contributed by atoms with E-state index in [1.54, 1.807) is 0 Å². The van der Waals surface area contributed by atoms with E-state index in [4.69, 9.17) is 16.6 Å². The van der Waals surface area contributed by atoms with Gasteiger partial charge in [0.1, 0.15) is 18.1 Å². The zero-order chi connectivity index (χ0) is 27.0. The fourth-order valence-electron chi connectivity index (χ4n) is 3.23. The number of thioether (sulfide) groups is 1. The number of carboxylic acids is 2. The first kappa shape index (κ1) is 32.6. The van der Waals surface area contributed by atoms with Crippen molar-refractivity contribution in [1.82, 2.24) is 16.0 Å². The molecule has 0 fully saturated rings. The third kappa shape index (κ3) is 14.6. The van der Waals surface area contributed by atoms with E-state index in [-0.39, 0.29) is 25.2 Å². The highest BCUT2D eigenvalue weighted by atomic mass is 32.2. The van der Waals surface area contributed by atoms with E-state index in [0.29, 0.717) is 31.6 Å². The minimum atomic E-state index is -1.42. The quantitative estimate of drug-likeness (QED) is 0.110. The molecule has 0 aromatic rings. The molecule has 0 rings (SSSR count). The van der Waals surface area contributed by atoms with Gasteiger partial charge in [0.2, 0.25) is 17.7 Å². The van der Waals surface area contributed by atoms with Crippen LogP contribution in [0, 0.1) is 5.92 Å². The van der Waals surface area contributed by atoms with Crippen LogP contribution in [-0.2, 0) is 24.0 Å². The molecule has 4 atom stereocenters. The molecule has 13 heteroatoms. The van der Waals surface area contributed by atoms with Crippen LogP contribution in [-0.4, -0.2) is 82.6 Å². The van der Waals surface area contributed by atoms with Crippen molar-refractivity contribution in [1.29, 1.82) is 0 Å². The van der Waals surface area contributed by atoms with E-state index >= 15 is 0 Å². The Morgan fingerprint density at radius 1 is 0.829 bits per heavy atom. The van der Waals surface area contributed by atoms with Crippen LogP contribution >= 0.6 is 11.8 Å². The highest BCUT2D eigenvalue weighted by molar-refractivity contribution is 7.98. The largest absolute Gasteiger partial charge is 0.481 e. The molecule has 12 nitrogen and oxygen atoms in total. The topological polar surface area (TPSA) is 214 Å². The molecular formula is C22H41N5O7S. The Balaban J connectivity index is 5.46. The molecule has 0 aliphatic rings. The molecular weight excluding hydrogens is 478 g/mol. The standard InChI is InChI=1S/C22H41N5O7S/c1-13(2)12-14(24)19(30)25-15(6-4-5-10-23)20(31)26-16(9-11-35-3)21(32)27-17(22(33)34)7-8-18(28)29/h13-17H,4-12,23-24H2,1-3H3,(H,25,30)(H,26,31)(H,27,32)(H,28,29)(H,33,34). The number of hydrogen-bond donors (Lipinski definition) is 7. The Labute approximate surface area is 210 Å². The number of rotatable bonds is 19. The monoisotopic (exact) mass is 519 g/mol. The van der Waals surface area contributed by atoms with Crippen molar-refractivity contribution in [3.63, 3.8) is 0 Å². The summed E-state index contributed by atoms with van der Waals surface area (Å²) in [6.07, 6.45) is 3.21. The van der Waals surface area contributed by atoms with Gasteiger partial charge in [-0.1, -0.05) is 13.8 Å². The average molecular weight is 520 g/mol. The lowest BCUT2D eigenvalue weighted by molar-refractivity contribution is -0.143. The molecule has 202 valence electrons. The van der Waals surface area contributed by atoms with Gasteiger partial charge in [0.15, 0.2) is 0 Å². The third-order valence-electron chi connectivity index (χ3n) is 5.15. The van der Waals surface area contributed by atoms with E-state index in [0.717, 1.165) is 0 Å². The van der Waals surface area contributed by atoms with Crippen LogP contribution < -0.4 is 27.4 Å². The summed E-state index contributed by atoms with van der Waals surface area (Å²) in [5.41, 5.74) is 11.5. The molecule has 0 aromatic carbocycles. The molecule has 0 heterocycles. The van der Waals surface area contributed by atoms with Crippen molar-refractivity contribution in [3.8, 4) is 0 Å². The van der Waals surface area contributed by atoms with Gasteiger partial charge >= 0.3 is 11.9 Å². The van der Waals surface area contributed by atoms with Gasteiger partial charge in [0.05, 0.1) is 6.04 Å². The number of carbonyl (C=O) groups excluding carboxylic acids is 3. The lowest BCUT2D eigenvalue weighted by atomic mass is 10.0. The molecule has 0 saturated carbocycles. The first-order chi connectivity index (χ1) is 16.4. The summed E-state index contributed by atoms with van der Waals surface area (Å²) in [6, 6.07) is -4.22. The third-order valence-corrected chi connectivity index (χ3v) is 5.79. The van der Waals surface area contributed by atoms with Gasteiger partial charge < -0.3 is 37.6 Å². The molecule has 0 aromatic heterocycles. The Kier molecular flexibility index (Phi) is 16.7. The molecule has 4 unspecified atom stereocenters. The van der Waals surface area contributed by atoms with Gasteiger partial charge in [-0.3, -0.25) is 19.2 Å². The van der Waals surface area contributed by atoms with Crippen LogP contribution in [0.25, 0.3) is 0 Å². The summed E-state index contributed by atoms with van der Waals surface area (Å²) in [7, 11) is 0. The summed E-state index contributed by atoms with van der Waals surface area (Å²) in [5, 5.41) is 25.7. The van der Waals surface area contributed by atoms with Crippen LogP contribution in [0.15, 0.2) is 0 Å². The second-order valence-electron chi connectivity index (χ2n) is 8.76. The predicted octanol–water partition coefficient (Wildman–Crippen LogP) is -0.354. The van der Waals surface area contributed by atoms with Crippen molar-refractivity contribution in [3.05, 3.63) is 0 Å². The van der Waals surface area contributed by atoms with Gasteiger partial charge in [-0.2, -0.15) is 11.8 Å². The van der Waals surface area contributed by atoms with E-state index in [1.165, 1.54) is 11.8 Å². The lowest BCUT2D eigenvalue weighted by Gasteiger charge is -2.25. The number of hydrogen-bond acceptors (Lipinski definition) is 8. The van der Waals surface area contributed by atoms with Gasteiger partial charge in [-0.25, -0.2) is 4.79 Å². The van der Waals surface area contributed by atoms with E-state index < -0.39 is 60.2 Å². The molecule has 0 bridgehead atoms. The fourth-order valence-corrected chi connectivity index (χ4v) is 3.70. The van der Waals surface area contributed by atoms with Crippen molar-refractivity contribution in [2.24, 2.45) is 17.4 Å². The number of nitrogens with one attached hydrogen (secondary N) is 3. The number of aliphatic carboxylic acids is 2. The van der Waals surface area contributed by atoms with Crippen molar-refractivity contribution < 1.29 is 34.2 Å². The van der Waals surface area contributed by atoms with Crippen molar-refractivity contribution >= 4 is 41.4 Å². The lowest BCUT2D eigenvalue weighted by Crippen LogP contribution is -2.57. The summed E-state index contributed by atoms with van der Waals surface area (Å²) in [6.45, 7) is 4.27. The number of nitrogens with two attached hydrogens (primary N) is 2. The summed E-state index contributed by atoms with van der Waals surface area (Å²) < 4.78 is 0. The first-order valence-corrected chi connectivity index (χ1v) is 13.1. The molecule has 0 saturated heterocycles.